The van der Waals surface area contributed by atoms with Crippen molar-refractivity contribution >= 4 is 5.91 Å². The molecular weight excluding hydrogens is 252 g/mol. The van der Waals surface area contributed by atoms with Crippen molar-refractivity contribution in [3.05, 3.63) is 18.2 Å². The normalized spacial score (nSPS) is 23.1. The van der Waals surface area contributed by atoms with Crippen LogP contribution in [-0.4, -0.2) is 58.0 Å². The summed E-state index contributed by atoms with van der Waals surface area (Å²) < 4.78 is 2.11. The van der Waals surface area contributed by atoms with Crippen LogP contribution in [0.2, 0.25) is 0 Å². The molecule has 0 unspecified atom stereocenters. The molecule has 0 bridgehead atoms. The minimum atomic E-state index is 0.107. The smallest absolute Gasteiger partial charge is 0.227 e. The summed E-state index contributed by atoms with van der Waals surface area (Å²) in [5.41, 5.74) is 1.24. The van der Waals surface area contributed by atoms with Crippen LogP contribution in [0.5, 0.6) is 0 Å². The first-order valence-corrected chi connectivity index (χ1v) is 7.21. The Bertz CT molecular complexity index is 522. The van der Waals surface area contributed by atoms with Crippen LogP contribution in [-0.2, 0) is 17.8 Å². The Morgan fingerprint density at radius 2 is 2.20 bits per heavy atom. The fourth-order valence-corrected chi connectivity index (χ4v) is 3.09. The number of hydrogen-bond acceptors (Lipinski definition) is 3. The second-order valence-electron chi connectivity index (χ2n) is 5.58. The van der Waals surface area contributed by atoms with Gasteiger partial charge in [0.1, 0.15) is 0 Å². The van der Waals surface area contributed by atoms with Gasteiger partial charge in [0.15, 0.2) is 0 Å². The van der Waals surface area contributed by atoms with Crippen molar-refractivity contribution < 1.29 is 4.79 Å². The van der Waals surface area contributed by atoms with Crippen molar-refractivity contribution in [2.45, 2.75) is 19.4 Å². The van der Waals surface area contributed by atoms with E-state index in [-0.39, 0.29) is 5.92 Å². The average molecular weight is 272 g/mol. The summed E-state index contributed by atoms with van der Waals surface area (Å²) in [6.07, 6.45) is 11.0. The molecule has 3 heterocycles. The first kappa shape index (κ1) is 13.2. The number of carbonyl (C=O) groups is 1. The summed E-state index contributed by atoms with van der Waals surface area (Å²) in [6.45, 7) is 4.84. The SMILES string of the molecule is C#CCN1CCN(C(=O)[C@@H]2CCc3cncn3C2)CC1. The molecule has 1 aromatic heterocycles. The zero-order chi connectivity index (χ0) is 13.9. The molecule has 5 nitrogen and oxygen atoms in total. The van der Waals surface area contributed by atoms with E-state index in [4.69, 9.17) is 6.42 Å². The number of amides is 1. The minimum absolute atomic E-state index is 0.107. The lowest BCUT2D eigenvalue weighted by molar-refractivity contribution is -0.138. The lowest BCUT2D eigenvalue weighted by Gasteiger charge is -2.36. The Balaban J connectivity index is 1.57. The van der Waals surface area contributed by atoms with E-state index in [1.54, 1.807) is 0 Å². The fourth-order valence-electron chi connectivity index (χ4n) is 3.09. The van der Waals surface area contributed by atoms with E-state index in [1.807, 2.05) is 17.4 Å². The van der Waals surface area contributed by atoms with E-state index in [0.29, 0.717) is 12.5 Å². The van der Waals surface area contributed by atoms with Crippen LogP contribution in [0, 0.1) is 18.3 Å². The van der Waals surface area contributed by atoms with Gasteiger partial charge >= 0.3 is 0 Å². The van der Waals surface area contributed by atoms with Crippen molar-refractivity contribution in [3.63, 3.8) is 0 Å². The van der Waals surface area contributed by atoms with Gasteiger partial charge in [-0.05, 0) is 12.8 Å². The first-order valence-electron chi connectivity index (χ1n) is 7.21. The van der Waals surface area contributed by atoms with E-state index < -0.39 is 0 Å². The summed E-state index contributed by atoms with van der Waals surface area (Å²) in [5, 5.41) is 0. The predicted octanol–water partition coefficient (Wildman–Crippen LogP) is 0.223. The second-order valence-corrected chi connectivity index (χ2v) is 5.58. The van der Waals surface area contributed by atoms with Crippen molar-refractivity contribution in [1.82, 2.24) is 19.4 Å². The summed E-state index contributed by atoms with van der Waals surface area (Å²) in [7, 11) is 0. The number of piperazine rings is 1. The Morgan fingerprint density at radius 3 is 2.95 bits per heavy atom. The zero-order valence-corrected chi connectivity index (χ0v) is 11.7. The highest BCUT2D eigenvalue weighted by atomic mass is 16.2. The van der Waals surface area contributed by atoms with Gasteiger partial charge in [0, 0.05) is 44.6 Å². The third-order valence-corrected chi connectivity index (χ3v) is 4.31. The molecule has 3 rings (SSSR count). The molecule has 1 amide bonds. The van der Waals surface area contributed by atoms with Crippen molar-refractivity contribution in [3.8, 4) is 12.3 Å². The van der Waals surface area contributed by atoms with Gasteiger partial charge in [-0.25, -0.2) is 4.98 Å². The number of rotatable bonds is 2. The zero-order valence-electron chi connectivity index (χ0n) is 11.7. The minimum Gasteiger partial charge on any atom is -0.340 e. The maximum atomic E-state index is 12.6. The molecule has 1 saturated heterocycles. The molecule has 0 aliphatic carbocycles. The number of imidazole rings is 1. The average Bonchev–Trinajstić information content (AvgIpc) is 2.95. The maximum Gasteiger partial charge on any atom is 0.227 e. The Labute approximate surface area is 119 Å². The van der Waals surface area contributed by atoms with Crippen molar-refractivity contribution in [1.29, 1.82) is 0 Å². The highest BCUT2D eigenvalue weighted by molar-refractivity contribution is 5.79. The molecule has 0 spiro atoms. The molecule has 1 atom stereocenters. The number of aromatic nitrogens is 2. The highest BCUT2D eigenvalue weighted by Crippen LogP contribution is 2.22. The van der Waals surface area contributed by atoms with Crippen LogP contribution in [0.4, 0.5) is 0 Å². The van der Waals surface area contributed by atoms with Crippen LogP contribution < -0.4 is 0 Å². The van der Waals surface area contributed by atoms with Crippen LogP contribution >= 0.6 is 0 Å². The molecule has 106 valence electrons. The maximum absolute atomic E-state index is 12.6. The van der Waals surface area contributed by atoms with E-state index >= 15 is 0 Å². The lowest BCUT2D eigenvalue weighted by Crippen LogP contribution is -2.51. The number of fused-ring (bicyclic) bond motifs is 1. The Morgan fingerprint density at radius 1 is 1.40 bits per heavy atom. The predicted molar refractivity (Wildman–Crippen MR) is 75.9 cm³/mol. The highest BCUT2D eigenvalue weighted by Gasteiger charge is 2.30. The molecule has 2 aliphatic heterocycles. The monoisotopic (exact) mass is 272 g/mol. The van der Waals surface area contributed by atoms with Gasteiger partial charge in [-0.3, -0.25) is 9.69 Å². The second kappa shape index (κ2) is 5.68. The first-order chi connectivity index (χ1) is 9.78. The number of nitrogens with zero attached hydrogens (tertiary/aromatic N) is 4. The third kappa shape index (κ3) is 2.56. The summed E-state index contributed by atoms with van der Waals surface area (Å²) in [5.74, 6) is 3.07. The fraction of sp³-hybridized carbons (Fsp3) is 0.600. The van der Waals surface area contributed by atoms with Gasteiger partial charge in [0.25, 0.3) is 0 Å². The van der Waals surface area contributed by atoms with Gasteiger partial charge in [-0.2, -0.15) is 0 Å². The van der Waals surface area contributed by atoms with Gasteiger partial charge in [0.2, 0.25) is 5.91 Å². The van der Waals surface area contributed by atoms with Gasteiger partial charge in [-0.1, -0.05) is 5.92 Å². The van der Waals surface area contributed by atoms with Crippen molar-refractivity contribution in [2.75, 3.05) is 32.7 Å². The molecule has 2 aliphatic rings. The van der Waals surface area contributed by atoms with Crippen LogP contribution in [0.15, 0.2) is 12.5 Å². The number of carbonyl (C=O) groups excluding carboxylic acids is 1. The summed E-state index contributed by atoms with van der Waals surface area (Å²) >= 11 is 0. The van der Waals surface area contributed by atoms with Crippen LogP contribution in [0.1, 0.15) is 12.1 Å². The van der Waals surface area contributed by atoms with Gasteiger partial charge < -0.3 is 9.47 Å². The van der Waals surface area contributed by atoms with E-state index in [9.17, 15) is 4.79 Å². The van der Waals surface area contributed by atoms with Crippen molar-refractivity contribution in [2.24, 2.45) is 5.92 Å². The third-order valence-electron chi connectivity index (χ3n) is 4.31. The van der Waals surface area contributed by atoms with Crippen LogP contribution in [0.3, 0.4) is 0 Å². The molecule has 0 N–H and O–H groups in total. The molecular formula is C15H20N4O. The molecule has 1 aromatic rings. The van der Waals surface area contributed by atoms with Crippen LogP contribution in [0.25, 0.3) is 0 Å². The number of aryl methyl sites for hydroxylation is 1. The summed E-state index contributed by atoms with van der Waals surface area (Å²) in [6, 6.07) is 0. The quantitative estimate of drug-likeness (QED) is 0.723. The largest absolute Gasteiger partial charge is 0.340 e. The Kier molecular flexibility index (Phi) is 3.75. The molecule has 0 aromatic carbocycles. The Hall–Kier alpha value is -1.80. The summed E-state index contributed by atoms with van der Waals surface area (Å²) in [4.78, 5) is 21.0. The molecule has 1 fully saturated rings. The van der Waals surface area contributed by atoms with E-state index in [1.165, 1.54) is 5.69 Å². The molecule has 0 saturated carbocycles. The lowest BCUT2D eigenvalue weighted by atomic mass is 9.96. The topological polar surface area (TPSA) is 41.4 Å². The van der Waals surface area contributed by atoms with Gasteiger partial charge in [0.05, 0.1) is 18.8 Å². The molecule has 0 radical (unpaired) electrons. The van der Waals surface area contributed by atoms with E-state index in [0.717, 1.165) is 45.6 Å². The number of terminal acetylenes is 1. The standard InChI is InChI=1S/C15H20N4O/c1-2-5-17-6-8-18(9-7-17)15(20)13-3-4-14-10-16-12-19(14)11-13/h1,10,12-13H,3-9,11H2/t13-/m1/s1. The van der Waals surface area contributed by atoms with E-state index in [2.05, 4.69) is 20.4 Å². The number of hydrogen-bond donors (Lipinski definition) is 0. The van der Waals surface area contributed by atoms with Gasteiger partial charge in [-0.15, -0.1) is 6.42 Å². The molecule has 5 heteroatoms. The molecule has 20 heavy (non-hydrogen) atoms.